The van der Waals surface area contributed by atoms with Crippen LogP contribution in [0.3, 0.4) is 0 Å². The molecule has 8 rings (SSSR count). The van der Waals surface area contributed by atoms with Crippen LogP contribution in [0.2, 0.25) is 0 Å². The predicted octanol–water partition coefficient (Wildman–Crippen LogP) is 7.54. The molecule has 4 atom stereocenters. The van der Waals surface area contributed by atoms with E-state index in [4.69, 9.17) is 0 Å². The zero-order valence-electron chi connectivity index (χ0n) is 26.6. The van der Waals surface area contributed by atoms with E-state index in [-0.39, 0.29) is 11.5 Å². The number of halogens is 1. The molecule has 0 spiro atoms. The molecule has 0 N–H and O–H groups in total. The lowest BCUT2D eigenvalue weighted by Crippen LogP contribution is -2.45. The summed E-state index contributed by atoms with van der Waals surface area (Å²) in [6, 6.07) is 36.4. The minimum absolute atomic E-state index is 0.298. The van der Waals surface area contributed by atoms with Gasteiger partial charge in [0.2, 0.25) is 11.8 Å². The molecule has 5 aromatic rings. The maximum Gasteiger partial charge on any atom is 0.296 e. The zero-order valence-corrected chi connectivity index (χ0v) is 26.6. The number of nitrogens with zero attached hydrogens (tertiary/aromatic N) is 2. The van der Waals surface area contributed by atoms with Gasteiger partial charge in [-0.2, -0.15) is 0 Å². The number of amides is 2. The van der Waals surface area contributed by atoms with Crippen molar-refractivity contribution in [2.24, 2.45) is 11.8 Å². The summed E-state index contributed by atoms with van der Waals surface area (Å²) in [5.74, 6) is -5.18. The number of allylic oxidation sites excluding steroid dienone is 2. The summed E-state index contributed by atoms with van der Waals surface area (Å²) in [7, 11) is 0. The first-order chi connectivity index (χ1) is 23.6. The van der Waals surface area contributed by atoms with E-state index in [0.29, 0.717) is 28.3 Å². The Morgan fingerprint density at radius 2 is 1.06 bits per heavy atom. The third-order valence-electron chi connectivity index (χ3n) is 10.5. The van der Waals surface area contributed by atoms with Gasteiger partial charge in [0, 0.05) is 0 Å². The van der Waals surface area contributed by atoms with E-state index in [1.165, 1.54) is 0 Å². The van der Waals surface area contributed by atoms with Gasteiger partial charge in [-0.1, -0.05) is 120 Å². The van der Waals surface area contributed by atoms with E-state index in [1.807, 2.05) is 98.8 Å². The highest BCUT2D eigenvalue weighted by Crippen LogP contribution is 2.74. The number of fused-ring (bicyclic) bond motifs is 5. The number of hydrogen-bond acceptors (Lipinski definition) is 5. The van der Waals surface area contributed by atoms with Crippen molar-refractivity contribution in [2.75, 3.05) is 4.90 Å². The fourth-order valence-corrected chi connectivity index (χ4v) is 8.63. The molecule has 8 heteroatoms. The standard InChI is InChI=1S/C41H29FN2O5/c1-24-13-17-26(18-14-24)33-34(27-19-15-25(2)16-20-27)41(29-11-7-4-8-12-29)36-35(40(33,39(41)47)28-9-5-3-6-10-28)37(45)43(38(36)46)31-22-21-30(42)23-32(31)44(48)49/h3-23,35-36H,1-2H3/t35-,36-,40-,41-/m1/s1. The molecule has 1 aliphatic heterocycles. The highest BCUT2D eigenvalue weighted by Gasteiger charge is 2.83. The number of rotatable bonds is 6. The van der Waals surface area contributed by atoms with E-state index in [1.54, 1.807) is 24.3 Å². The largest absolute Gasteiger partial charge is 0.297 e. The Labute approximate surface area is 281 Å². The number of aryl methyl sites for hydroxylation is 2. The fourth-order valence-electron chi connectivity index (χ4n) is 8.63. The number of Topliss-reactive ketones (excluding diaryl/α,β-unsaturated/α-hetero) is 1. The number of benzene rings is 5. The van der Waals surface area contributed by atoms with Crippen LogP contribution >= 0.6 is 0 Å². The number of imide groups is 1. The molecule has 2 fully saturated rings. The quantitative estimate of drug-likeness (QED) is 0.108. The number of carbonyl (C=O) groups excluding carboxylic acids is 3. The van der Waals surface area contributed by atoms with Crippen LogP contribution in [0, 0.1) is 41.6 Å². The second-order valence-electron chi connectivity index (χ2n) is 13.0. The molecule has 0 aromatic heterocycles. The molecule has 3 aliphatic rings. The summed E-state index contributed by atoms with van der Waals surface area (Å²) in [4.78, 5) is 58.3. The van der Waals surface area contributed by atoms with E-state index < -0.39 is 50.9 Å². The molecule has 240 valence electrons. The topological polar surface area (TPSA) is 97.6 Å². The van der Waals surface area contributed by atoms with Gasteiger partial charge in [-0.05, 0) is 59.4 Å². The van der Waals surface area contributed by atoms with Crippen LogP contribution in [0.5, 0.6) is 0 Å². The van der Waals surface area contributed by atoms with Crippen molar-refractivity contribution in [1.82, 2.24) is 0 Å². The van der Waals surface area contributed by atoms with Gasteiger partial charge in [0.1, 0.15) is 11.5 Å². The van der Waals surface area contributed by atoms with Crippen LogP contribution in [0.4, 0.5) is 15.8 Å². The third kappa shape index (κ3) is 3.91. The Hall–Kier alpha value is -6.02. The Morgan fingerprint density at radius 3 is 1.47 bits per heavy atom. The number of ketones is 1. The van der Waals surface area contributed by atoms with Crippen molar-refractivity contribution in [3.8, 4) is 0 Å². The van der Waals surface area contributed by atoms with Crippen LogP contribution in [0.1, 0.15) is 33.4 Å². The number of nitro benzene ring substituents is 1. The Kier molecular flexibility index (Phi) is 6.65. The smallest absolute Gasteiger partial charge is 0.296 e. The second-order valence-corrected chi connectivity index (χ2v) is 13.0. The molecular formula is C41H29FN2O5. The molecule has 2 bridgehead atoms. The fraction of sp³-hybridized carbons (Fsp3) is 0.146. The maximum absolute atomic E-state index is 16.0. The maximum atomic E-state index is 16.0. The van der Waals surface area contributed by atoms with Crippen LogP contribution in [0.15, 0.2) is 127 Å². The molecule has 0 radical (unpaired) electrons. The van der Waals surface area contributed by atoms with E-state index in [2.05, 4.69) is 0 Å². The van der Waals surface area contributed by atoms with Gasteiger partial charge in [-0.15, -0.1) is 0 Å². The van der Waals surface area contributed by atoms with E-state index in [0.717, 1.165) is 39.3 Å². The molecule has 1 saturated carbocycles. The average Bonchev–Trinajstić information content (AvgIpc) is 3.62. The van der Waals surface area contributed by atoms with Crippen molar-refractivity contribution in [3.05, 3.63) is 177 Å². The number of carbonyl (C=O) groups is 3. The molecule has 7 nitrogen and oxygen atoms in total. The highest BCUT2D eigenvalue weighted by atomic mass is 19.1. The lowest BCUT2D eigenvalue weighted by molar-refractivity contribution is -0.384. The van der Waals surface area contributed by atoms with Gasteiger partial charge >= 0.3 is 0 Å². The molecule has 0 unspecified atom stereocenters. The Balaban J connectivity index is 1.55. The molecule has 2 aliphatic carbocycles. The zero-order chi connectivity index (χ0) is 34.2. The summed E-state index contributed by atoms with van der Waals surface area (Å²) >= 11 is 0. The van der Waals surface area contributed by atoms with E-state index in [9.17, 15) is 14.5 Å². The normalized spacial score (nSPS) is 24.1. The molecule has 1 saturated heterocycles. The minimum atomic E-state index is -1.66. The molecule has 1 heterocycles. The molecular weight excluding hydrogens is 619 g/mol. The lowest BCUT2D eigenvalue weighted by Gasteiger charge is -2.39. The van der Waals surface area contributed by atoms with Crippen LogP contribution in [-0.4, -0.2) is 22.5 Å². The summed E-state index contributed by atoms with van der Waals surface area (Å²) in [6.07, 6.45) is 0. The highest BCUT2D eigenvalue weighted by molar-refractivity contribution is 6.39. The third-order valence-corrected chi connectivity index (χ3v) is 10.5. The summed E-state index contributed by atoms with van der Waals surface area (Å²) in [5.41, 5.74) is 1.41. The number of hydrogen-bond donors (Lipinski definition) is 0. The minimum Gasteiger partial charge on any atom is -0.297 e. The van der Waals surface area contributed by atoms with Crippen molar-refractivity contribution in [3.63, 3.8) is 0 Å². The van der Waals surface area contributed by atoms with Crippen molar-refractivity contribution >= 4 is 40.1 Å². The van der Waals surface area contributed by atoms with E-state index >= 15 is 14.4 Å². The van der Waals surface area contributed by atoms with Crippen LogP contribution in [-0.2, 0) is 25.2 Å². The average molecular weight is 649 g/mol. The Morgan fingerprint density at radius 1 is 0.633 bits per heavy atom. The summed E-state index contributed by atoms with van der Waals surface area (Å²) in [6.45, 7) is 3.93. The summed E-state index contributed by atoms with van der Waals surface area (Å²) < 4.78 is 14.4. The van der Waals surface area contributed by atoms with Crippen LogP contribution < -0.4 is 4.90 Å². The van der Waals surface area contributed by atoms with Crippen molar-refractivity contribution < 1.29 is 23.7 Å². The van der Waals surface area contributed by atoms with Gasteiger partial charge < -0.3 is 0 Å². The first-order valence-electron chi connectivity index (χ1n) is 16.0. The monoisotopic (exact) mass is 648 g/mol. The predicted molar refractivity (Wildman–Crippen MR) is 183 cm³/mol. The summed E-state index contributed by atoms with van der Waals surface area (Å²) in [5, 5.41) is 12.2. The number of nitro groups is 1. The second kappa shape index (κ2) is 10.8. The molecule has 5 aromatic carbocycles. The van der Waals surface area contributed by atoms with Gasteiger partial charge in [-0.3, -0.25) is 24.5 Å². The lowest BCUT2D eigenvalue weighted by atomic mass is 9.59. The van der Waals surface area contributed by atoms with Crippen molar-refractivity contribution in [2.45, 2.75) is 24.7 Å². The first kappa shape index (κ1) is 30.3. The van der Waals surface area contributed by atoms with Gasteiger partial charge in [0.05, 0.1) is 33.7 Å². The number of anilines is 1. The Bertz CT molecular complexity index is 2120. The van der Waals surface area contributed by atoms with Gasteiger partial charge in [-0.25, -0.2) is 9.29 Å². The van der Waals surface area contributed by atoms with Gasteiger partial charge in [0.25, 0.3) is 5.69 Å². The first-order valence-corrected chi connectivity index (χ1v) is 16.0. The molecule has 2 amide bonds. The van der Waals surface area contributed by atoms with Crippen LogP contribution in [0.25, 0.3) is 11.1 Å². The SMILES string of the molecule is Cc1ccc(C2=C(c3ccc(C)cc3)[C@@]3(c4ccccc4)C(=O)[C@@]2(c2ccccc2)[C@H]2C(=O)N(c4ccc(F)cc4[N+](=O)[O-])C(=O)[C@@H]23)cc1. The molecule has 49 heavy (non-hydrogen) atoms. The van der Waals surface area contributed by atoms with Gasteiger partial charge in [0.15, 0.2) is 5.78 Å². The van der Waals surface area contributed by atoms with Crippen molar-refractivity contribution in [1.29, 1.82) is 0 Å².